The quantitative estimate of drug-likeness (QED) is 0.422. The molecule has 2 aromatic rings. The summed E-state index contributed by atoms with van der Waals surface area (Å²) >= 11 is 6.44. The molecule has 0 unspecified atom stereocenters. The maximum Gasteiger partial charge on any atom is 0.264 e. The number of fused-ring (bicyclic) bond motifs is 4. The van der Waals surface area contributed by atoms with Gasteiger partial charge in [-0.15, -0.1) is 0 Å². The number of anilines is 1. The molecule has 11 heteroatoms. The molecule has 2 amide bonds. The second-order valence-corrected chi connectivity index (χ2v) is 17.7. The summed E-state index contributed by atoms with van der Waals surface area (Å²) in [6.07, 6.45) is 6.04. The van der Waals surface area contributed by atoms with Gasteiger partial charge in [0.2, 0.25) is 15.9 Å². The van der Waals surface area contributed by atoms with E-state index in [1.165, 1.54) is 11.1 Å². The Labute approximate surface area is 290 Å². The minimum Gasteiger partial charge on any atom is -0.490 e. The van der Waals surface area contributed by atoms with Gasteiger partial charge in [0, 0.05) is 43.2 Å². The number of benzene rings is 2. The van der Waals surface area contributed by atoms with E-state index in [0.717, 1.165) is 37.8 Å². The van der Waals surface area contributed by atoms with Gasteiger partial charge in [-0.3, -0.25) is 9.59 Å². The Balaban J connectivity index is 1.45. The van der Waals surface area contributed by atoms with Gasteiger partial charge in [-0.05, 0) is 111 Å². The van der Waals surface area contributed by atoms with Crippen molar-refractivity contribution in [1.82, 2.24) is 9.62 Å². The number of amides is 2. The molecule has 2 aliphatic heterocycles. The summed E-state index contributed by atoms with van der Waals surface area (Å²) in [5.41, 5.74) is 1.83. The molecular formula is C37H50ClN3O6S. The Kier molecular flexibility index (Phi) is 9.59. The van der Waals surface area contributed by atoms with Gasteiger partial charge >= 0.3 is 0 Å². The molecule has 0 saturated heterocycles. The molecule has 2 bridgehead atoms. The van der Waals surface area contributed by atoms with Crippen molar-refractivity contribution < 1.29 is 27.9 Å². The lowest BCUT2D eigenvalue weighted by molar-refractivity contribution is -0.159. The van der Waals surface area contributed by atoms with E-state index in [-0.39, 0.29) is 34.6 Å². The highest BCUT2D eigenvalue weighted by Gasteiger charge is 2.53. The Bertz CT molecular complexity index is 1680. The molecule has 6 rings (SSSR count). The molecule has 4 aliphatic rings. The second kappa shape index (κ2) is 13.1. The van der Waals surface area contributed by atoms with Crippen molar-refractivity contribution in [2.24, 2.45) is 23.7 Å². The van der Waals surface area contributed by atoms with Crippen molar-refractivity contribution in [3.8, 4) is 5.75 Å². The number of aryl methyl sites for hydroxylation is 1. The Hall–Kier alpha value is -2.82. The molecule has 1 saturated carbocycles. The van der Waals surface area contributed by atoms with Gasteiger partial charge in [0.25, 0.3) is 5.91 Å². The molecule has 9 nitrogen and oxygen atoms in total. The Morgan fingerprint density at radius 2 is 1.88 bits per heavy atom. The SMILES string of the molecule is C[C@H](C(=O)N(C)C)[C@]1(O)CCC[C@H](C)[C@@H](C)S(=O)(=O)NC(=O)c2ccc3c(c2)N(C[C@@H]2CC[C@H]21)C[C@@]1(CCCc2cc(Cl)ccc21)CO3. The molecule has 2 aromatic carbocycles. The molecule has 0 radical (unpaired) electrons. The fraction of sp³-hybridized carbons (Fsp3) is 0.622. The third kappa shape index (κ3) is 6.33. The smallest absolute Gasteiger partial charge is 0.264 e. The number of ether oxygens (including phenoxy) is 1. The standard InChI is InChI=1S/C37H50ClN3O6S/c1-23-8-6-17-37(44,24(2)35(43)40(4)5)31-13-10-28(31)20-41-21-36(16-7-9-26-18-29(38)12-14-30(26)36)22-47-33-15-11-27(19-32(33)41)34(42)39-48(45,46)25(23)3/h11-12,14-15,18-19,23-25,28,31,44H,6-10,13,16-17,20-22H2,1-5H3,(H,39,42)/t23-,24+,25+,28-,31+,36-,37+/m0/s1. The van der Waals surface area contributed by atoms with Crippen LogP contribution in [0, 0.1) is 23.7 Å². The van der Waals surface area contributed by atoms with Gasteiger partial charge in [0.15, 0.2) is 0 Å². The van der Waals surface area contributed by atoms with Crippen LogP contribution in [0.1, 0.15) is 87.2 Å². The zero-order valence-electron chi connectivity index (χ0n) is 28.8. The molecule has 1 spiro atoms. The normalized spacial score (nSPS) is 32.4. The van der Waals surface area contributed by atoms with Gasteiger partial charge in [-0.2, -0.15) is 0 Å². The number of hydrogen-bond donors (Lipinski definition) is 2. The summed E-state index contributed by atoms with van der Waals surface area (Å²) in [5, 5.41) is 12.5. The fourth-order valence-corrected chi connectivity index (χ4v) is 10.3. The van der Waals surface area contributed by atoms with E-state index >= 15 is 0 Å². The first-order valence-corrected chi connectivity index (χ1v) is 19.4. The molecule has 1 fully saturated rings. The Morgan fingerprint density at radius 3 is 2.58 bits per heavy atom. The van der Waals surface area contributed by atoms with E-state index in [1.807, 2.05) is 19.9 Å². The van der Waals surface area contributed by atoms with Gasteiger partial charge in [-0.1, -0.05) is 37.9 Å². The first-order valence-electron chi connectivity index (χ1n) is 17.5. The molecule has 2 N–H and O–H groups in total. The van der Waals surface area contributed by atoms with Crippen molar-refractivity contribution in [2.45, 2.75) is 88.4 Å². The van der Waals surface area contributed by atoms with Crippen molar-refractivity contribution in [3.63, 3.8) is 0 Å². The summed E-state index contributed by atoms with van der Waals surface area (Å²) in [5.74, 6) is -1.05. The number of aliphatic hydroxyl groups is 1. The molecule has 0 aromatic heterocycles. The van der Waals surface area contributed by atoms with Crippen LogP contribution in [0.3, 0.4) is 0 Å². The molecular weight excluding hydrogens is 650 g/mol. The second-order valence-electron chi connectivity index (χ2n) is 15.2. The zero-order chi connectivity index (χ0) is 34.6. The Morgan fingerprint density at radius 1 is 1.10 bits per heavy atom. The third-order valence-corrected chi connectivity index (χ3v) is 14.3. The molecule has 2 aliphatic carbocycles. The first kappa shape index (κ1) is 35.0. The van der Waals surface area contributed by atoms with Gasteiger partial charge in [0.1, 0.15) is 5.75 Å². The van der Waals surface area contributed by atoms with Crippen molar-refractivity contribution in [1.29, 1.82) is 0 Å². The van der Waals surface area contributed by atoms with Crippen molar-refractivity contribution in [2.75, 3.05) is 38.7 Å². The van der Waals surface area contributed by atoms with Crippen molar-refractivity contribution in [3.05, 3.63) is 58.1 Å². The number of nitrogens with one attached hydrogen (secondary N) is 1. The molecule has 7 atom stereocenters. The molecule has 262 valence electrons. The highest BCUT2D eigenvalue weighted by atomic mass is 35.5. The topological polar surface area (TPSA) is 116 Å². The number of rotatable bonds is 2. The van der Waals surface area contributed by atoms with Crippen molar-refractivity contribution >= 4 is 39.1 Å². The van der Waals surface area contributed by atoms with Crippen LogP contribution < -0.4 is 14.4 Å². The van der Waals surface area contributed by atoms with E-state index in [2.05, 4.69) is 21.8 Å². The van der Waals surface area contributed by atoms with Crippen LogP contribution in [-0.2, 0) is 26.7 Å². The lowest BCUT2D eigenvalue weighted by Crippen LogP contribution is -2.57. The monoisotopic (exact) mass is 699 g/mol. The van der Waals surface area contributed by atoms with Crippen LogP contribution >= 0.6 is 11.6 Å². The number of carbonyl (C=O) groups is 2. The van der Waals surface area contributed by atoms with Crippen LogP contribution in [0.25, 0.3) is 0 Å². The molecule has 48 heavy (non-hydrogen) atoms. The average Bonchev–Trinajstić information content (AvgIpc) is 3.17. The zero-order valence-corrected chi connectivity index (χ0v) is 30.4. The highest BCUT2D eigenvalue weighted by molar-refractivity contribution is 7.90. The minimum atomic E-state index is -3.99. The number of nitrogens with zero attached hydrogens (tertiary/aromatic N) is 2. The van der Waals surface area contributed by atoms with Crippen LogP contribution in [-0.4, -0.2) is 74.9 Å². The maximum absolute atomic E-state index is 13.5. The van der Waals surface area contributed by atoms with Gasteiger partial charge in [-0.25, -0.2) is 13.1 Å². The van der Waals surface area contributed by atoms with Gasteiger partial charge in [0.05, 0.1) is 29.1 Å². The number of hydrogen-bond acceptors (Lipinski definition) is 7. The predicted molar refractivity (Wildman–Crippen MR) is 188 cm³/mol. The summed E-state index contributed by atoms with van der Waals surface area (Å²) in [6.45, 7) is 7.00. The fourth-order valence-electron chi connectivity index (χ4n) is 8.84. The number of halogens is 1. The lowest BCUT2D eigenvalue weighted by Gasteiger charge is -2.52. The number of sulfonamides is 1. The minimum absolute atomic E-state index is 0.103. The van der Waals surface area contributed by atoms with E-state index in [0.29, 0.717) is 49.7 Å². The van der Waals surface area contributed by atoms with Gasteiger partial charge < -0.3 is 19.6 Å². The van der Waals surface area contributed by atoms with E-state index in [4.69, 9.17) is 16.3 Å². The molecule has 2 heterocycles. The summed E-state index contributed by atoms with van der Waals surface area (Å²) in [6, 6.07) is 11.3. The van der Waals surface area contributed by atoms with Crippen LogP contribution in [0.5, 0.6) is 5.75 Å². The van der Waals surface area contributed by atoms with Crippen LogP contribution in [0.2, 0.25) is 5.02 Å². The number of carbonyl (C=O) groups excluding carboxylic acids is 2. The lowest BCUT2D eigenvalue weighted by atomic mass is 9.59. The van der Waals surface area contributed by atoms with E-state index in [9.17, 15) is 23.1 Å². The summed E-state index contributed by atoms with van der Waals surface area (Å²) in [4.78, 5) is 30.8. The first-order chi connectivity index (χ1) is 22.6. The highest BCUT2D eigenvalue weighted by Crippen LogP contribution is 2.51. The summed E-state index contributed by atoms with van der Waals surface area (Å²) < 4.78 is 35.8. The largest absolute Gasteiger partial charge is 0.490 e. The van der Waals surface area contributed by atoms with E-state index < -0.39 is 32.7 Å². The third-order valence-electron chi connectivity index (χ3n) is 12.1. The maximum atomic E-state index is 13.5. The predicted octanol–water partition coefficient (Wildman–Crippen LogP) is 5.56. The van der Waals surface area contributed by atoms with Crippen LogP contribution in [0.4, 0.5) is 5.69 Å². The summed E-state index contributed by atoms with van der Waals surface area (Å²) in [7, 11) is -0.550. The van der Waals surface area contributed by atoms with E-state index in [1.54, 1.807) is 44.1 Å². The van der Waals surface area contributed by atoms with Crippen LogP contribution in [0.15, 0.2) is 36.4 Å². The average molecular weight is 700 g/mol.